The number of nitriles is 1. The molecule has 1 amide bonds. The van der Waals surface area contributed by atoms with Gasteiger partial charge in [-0.2, -0.15) is 5.26 Å². The van der Waals surface area contributed by atoms with E-state index < -0.39 is 5.41 Å². The summed E-state index contributed by atoms with van der Waals surface area (Å²) in [7, 11) is 0. The van der Waals surface area contributed by atoms with Crippen LogP contribution in [0.2, 0.25) is 0 Å². The largest absolute Gasteiger partial charge is 0.337 e. The van der Waals surface area contributed by atoms with Crippen molar-refractivity contribution in [3.63, 3.8) is 0 Å². The highest BCUT2D eigenvalue weighted by Gasteiger charge is 2.42. The van der Waals surface area contributed by atoms with Crippen LogP contribution < -0.4 is 0 Å². The smallest absolute Gasteiger partial charge is 0.243 e. The second-order valence-corrected chi connectivity index (χ2v) is 7.59. The molecule has 0 spiro atoms. The summed E-state index contributed by atoms with van der Waals surface area (Å²) in [4.78, 5) is 14.8. The monoisotopic (exact) mass is 288 g/mol. The molecular weight excluding hydrogens is 260 g/mol. The van der Waals surface area contributed by atoms with E-state index >= 15 is 0 Å². The SMILES string of the molecule is CC(C)(C)C1=CCN(C(=O)C2(C#N)CCCCCC2)CC1. The molecule has 2 rings (SSSR count). The molecule has 1 fully saturated rings. The van der Waals surface area contributed by atoms with Crippen LogP contribution in [0.25, 0.3) is 0 Å². The van der Waals surface area contributed by atoms with Crippen LogP contribution in [0, 0.1) is 22.2 Å². The van der Waals surface area contributed by atoms with Crippen LogP contribution in [0.5, 0.6) is 0 Å². The van der Waals surface area contributed by atoms with Gasteiger partial charge in [-0.15, -0.1) is 0 Å². The van der Waals surface area contributed by atoms with Gasteiger partial charge in [-0.1, -0.05) is 58.1 Å². The quantitative estimate of drug-likeness (QED) is 0.539. The van der Waals surface area contributed by atoms with Crippen molar-refractivity contribution in [2.75, 3.05) is 13.1 Å². The normalized spacial score (nSPS) is 23.0. The molecule has 0 bridgehead atoms. The third-order valence-corrected chi connectivity index (χ3v) is 5.04. The van der Waals surface area contributed by atoms with E-state index in [4.69, 9.17) is 0 Å². The highest BCUT2D eigenvalue weighted by atomic mass is 16.2. The van der Waals surface area contributed by atoms with E-state index in [1.165, 1.54) is 5.57 Å². The molecule has 0 N–H and O–H groups in total. The molecule has 1 aliphatic carbocycles. The van der Waals surface area contributed by atoms with E-state index in [1.807, 2.05) is 4.90 Å². The first-order valence-corrected chi connectivity index (χ1v) is 8.29. The first-order valence-electron chi connectivity index (χ1n) is 8.29. The summed E-state index contributed by atoms with van der Waals surface area (Å²) >= 11 is 0. The zero-order chi connectivity index (χ0) is 15.5. The zero-order valence-electron chi connectivity index (χ0n) is 13.7. The number of amides is 1. The van der Waals surface area contributed by atoms with Gasteiger partial charge in [-0.05, 0) is 24.7 Å². The van der Waals surface area contributed by atoms with Crippen molar-refractivity contribution in [1.29, 1.82) is 5.26 Å². The van der Waals surface area contributed by atoms with Crippen molar-refractivity contribution in [2.24, 2.45) is 10.8 Å². The molecule has 3 nitrogen and oxygen atoms in total. The van der Waals surface area contributed by atoms with Gasteiger partial charge in [-0.25, -0.2) is 0 Å². The number of nitrogens with zero attached hydrogens (tertiary/aromatic N) is 2. The Morgan fingerprint density at radius 1 is 1.24 bits per heavy atom. The molecular formula is C18H28N2O. The Hall–Kier alpha value is -1.30. The second kappa shape index (κ2) is 6.22. The topological polar surface area (TPSA) is 44.1 Å². The lowest BCUT2D eigenvalue weighted by Crippen LogP contribution is -2.45. The molecule has 1 heterocycles. The number of hydrogen-bond donors (Lipinski definition) is 0. The molecule has 0 aromatic rings. The molecule has 0 saturated heterocycles. The Bertz CT molecular complexity index is 457. The predicted molar refractivity (Wildman–Crippen MR) is 84.5 cm³/mol. The maximum Gasteiger partial charge on any atom is 0.243 e. The Morgan fingerprint density at radius 3 is 2.29 bits per heavy atom. The minimum atomic E-state index is -0.746. The molecule has 0 unspecified atom stereocenters. The third-order valence-electron chi connectivity index (χ3n) is 5.04. The van der Waals surface area contributed by atoms with Crippen LogP contribution >= 0.6 is 0 Å². The average molecular weight is 288 g/mol. The Balaban J connectivity index is 2.10. The number of rotatable bonds is 1. The maximum absolute atomic E-state index is 12.9. The molecule has 0 aromatic carbocycles. The fourth-order valence-corrected chi connectivity index (χ4v) is 3.54. The average Bonchev–Trinajstić information content (AvgIpc) is 2.72. The van der Waals surface area contributed by atoms with E-state index in [0.29, 0.717) is 6.54 Å². The van der Waals surface area contributed by atoms with Gasteiger partial charge in [0.25, 0.3) is 0 Å². The van der Waals surface area contributed by atoms with Crippen LogP contribution in [-0.2, 0) is 4.79 Å². The highest BCUT2D eigenvalue weighted by molar-refractivity contribution is 5.85. The molecule has 21 heavy (non-hydrogen) atoms. The summed E-state index contributed by atoms with van der Waals surface area (Å²) < 4.78 is 0. The molecule has 0 radical (unpaired) electrons. The first-order chi connectivity index (χ1) is 9.89. The van der Waals surface area contributed by atoms with Gasteiger partial charge in [0.05, 0.1) is 6.07 Å². The molecule has 0 aromatic heterocycles. The summed E-state index contributed by atoms with van der Waals surface area (Å²) in [6.45, 7) is 8.11. The van der Waals surface area contributed by atoms with Crippen LogP contribution in [-0.4, -0.2) is 23.9 Å². The molecule has 0 atom stereocenters. The summed E-state index contributed by atoms with van der Waals surface area (Å²) in [6.07, 6.45) is 8.96. The Labute approximate surface area is 129 Å². The maximum atomic E-state index is 12.9. The second-order valence-electron chi connectivity index (χ2n) is 7.59. The van der Waals surface area contributed by atoms with E-state index in [0.717, 1.165) is 51.5 Å². The number of hydrogen-bond acceptors (Lipinski definition) is 2. The van der Waals surface area contributed by atoms with E-state index in [9.17, 15) is 10.1 Å². The third kappa shape index (κ3) is 3.48. The van der Waals surface area contributed by atoms with Crippen molar-refractivity contribution >= 4 is 5.91 Å². The van der Waals surface area contributed by atoms with Gasteiger partial charge >= 0.3 is 0 Å². The van der Waals surface area contributed by atoms with Crippen molar-refractivity contribution in [3.05, 3.63) is 11.6 Å². The van der Waals surface area contributed by atoms with Crippen molar-refractivity contribution in [2.45, 2.75) is 65.7 Å². The predicted octanol–water partition coefficient (Wildman–Crippen LogP) is 4.06. The Kier molecular flexibility index (Phi) is 4.76. The van der Waals surface area contributed by atoms with Crippen LogP contribution in [0.3, 0.4) is 0 Å². The molecule has 2 aliphatic rings. The van der Waals surface area contributed by atoms with E-state index in [1.54, 1.807) is 0 Å². The van der Waals surface area contributed by atoms with Gasteiger partial charge in [0, 0.05) is 13.1 Å². The fourth-order valence-electron chi connectivity index (χ4n) is 3.54. The van der Waals surface area contributed by atoms with Gasteiger partial charge in [0.15, 0.2) is 0 Å². The van der Waals surface area contributed by atoms with Crippen molar-refractivity contribution < 1.29 is 4.79 Å². The van der Waals surface area contributed by atoms with E-state index in [2.05, 4.69) is 32.9 Å². The lowest BCUT2D eigenvalue weighted by Gasteiger charge is -2.36. The number of carbonyl (C=O) groups excluding carboxylic acids is 1. The molecule has 1 saturated carbocycles. The lowest BCUT2D eigenvalue weighted by molar-refractivity contribution is -0.139. The molecule has 116 valence electrons. The lowest BCUT2D eigenvalue weighted by atomic mass is 9.79. The van der Waals surface area contributed by atoms with Crippen LogP contribution in [0.15, 0.2) is 11.6 Å². The van der Waals surface area contributed by atoms with Crippen LogP contribution in [0.1, 0.15) is 65.7 Å². The summed E-state index contributed by atoms with van der Waals surface area (Å²) in [5.74, 6) is 0.0797. The van der Waals surface area contributed by atoms with E-state index in [-0.39, 0.29) is 11.3 Å². The minimum absolute atomic E-state index is 0.0797. The molecule has 3 heteroatoms. The fraction of sp³-hybridized carbons (Fsp3) is 0.778. The number of carbonyl (C=O) groups is 1. The van der Waals surface area contributed by atoms with Crippen LogP contribution in [0.4, 0.5) is 0 Å². The van der Waals surface area contributed by atoms with Crippen molar-refractivity contribution in [1.82, 2.24) is 4.90 Å². The summed E-state index contributed by atoms with van der Waals surface area (Å²) in [5, 5.41) is 9.64. The van der Waals surface area contributed by atoms with Gasteiger partial charge < -0.3 is 4.90 Å². The first kappa shape index (κ1) is 16.1. The summed E-state index contributed by atoms with van der Waals surface area (Å²) in [5.41, 5.74) is 0.868. The minimum Gasteiger partial charge on any atom is -0.337 e. The zero-order valence-corrected chi connectivity index (χ0v) is 13.7. The standard InChI is InChI=1S/C18H28N2O/c1-17(2,3)15-8-12-20(13-9-15)16(21)18(14-19)10-6-4-5-7-11-18/h8H,4-7,9-13H2,1-3H3. The highest BCUT2D eigenvalue weighted by Crippen LogP contribution is 2.38. The Morgan fingerprint density at radius 2 is 1.86 bits per heavy atom. The van der Waals surface area contributed by atoms with Crippen molar-refractivity contribution in [3.8, 4) is 6.07 Å². The summed E-state index contributed by atoms with van der Waals surface area (Å²) in [6, 6.07) is 2.38. The van der Waals surface area contributed by atoms with Gasteiger partial charge in [0.1, 0.15) is 5.41 Å². The van der Waals surface area contributed by atoms with Gasteiger partial charge in [0.2, 0.25) is 5.91 Å². The van der Waals surface area contributed by atoms with Gasteiger partial charge in [-0.3, -0.25) is 4.79 Å². The molecule has 1 aliphatic heterocycles.